The van der Waals surface area contributed by atoms with Crippen LogP contribution in [0.15, 0.2) is 18.2 Å². The Bertz CT molecular complexity index is 416. The van der Waals surface area contributed by atoms with Crippen LogP contribution in [0, 0.1) is 0 Å². The van der Waals surface area contributed by atoms with Crippen LogP contribution < -0.4 is 14.8 Å². The molecule has 0 aliphatic carbocycles. The summed E-state index contributed by atoms with van der Waals surface area (Å²) in [6.07, 6.45) is 1.27. The van der Waals surface area contributed by atoms with Crippen molar-refractivity contribution >= 4 is 0 Å². The number of benzene rings is 1. The first-order valence-electron chi connectivity index (χ1n) is 6.62. The summed E-state index contributed by atoms with van der Waals surface area (Å²) in [5.41, 5.74) is 1.27. The fraction of sp³-hybridized carbons (Fsp3) is 0.571. The summed E-state index contributed by atoms with van der Waals surface area (Å²) in [7, 11) is 1.70. The highest BCUT2D eigenvalue weighted by atomic mass is 16.5. The van der Waals surface area contributed by atoms with Crippen LogP contribution in [0.25, 0.3) is 0 Å². The van der Waals surface area contributed by atoms with Gasteiger partial charge in [-0.2, -0.15) is 0 Å². The van der Waals surface area contributed by atoms with E-state index in [1.807, 2.05) is 12.1 Å². The lowest BCUT2D eigenvalue weighted by molar-refractivity contribution is 0.137. The molecule has 4 nitrogen and oxygen atoms in total. The Morgan fingerprint density at radius 3 is 3.00 bits per heavy atom. The maximum Gasteiger partial charge on any atom is 0.164 e. The molecule has 1 unspecified atom stereocenters. The molecule has 2 aliphatic rings. The molecule has 1 fully saturated rings. The van der Waals surface area contributed by atoms with E-state index in [-0.39, 0.29) is 6.10 Å². The molecule has 0 bridgehead atoms. The van der Waals surface area contributed by atoms with Crippen molar-refractivity contribution in [3.05, 3.63) is 23.8 Å². The van der Waals surface area contributed by atoms with Gasteiger partial charge in [0, 0.05) is 44.7 Å². The van der Waals surface area contributed by atoms with E-state index in [2.05, 4.69) is 16.3 Å². The van der Waals surface area contributed by atoms with E-state index in [9.17, 15) is 0 Å². The van der Waals surface area contributed by atoms with E-state index in [1.165, 1.54) is 5.56 Å². The molecule has 0 spiro atoms. The van der Waals surface area contributed by atoms with Crippen molar-refractivity contribution in [2.75, 3.05) is 39.8 Å². The molecule has 1 aromatic rings. The zero-order valence-corrected chi connectivity index (χ0v) is 10.8. The lowest BCUT2D eigenvalue weighted by Crippen LogP contribution is -2.47. The second-order valence-electron chi connectivity index (χ2n) is 4.94. The number of para-hydroxylation sites is 1. The molecule has 2 heterocycles. The normalized spacial score (nSPS) is 23.5. The number of piperazine rings is 1. The zero-order chi connectivity index (χ0) is 12.4. The fourth-order valence-corrected chi connectivity index (χ4v) is 2.75. The molecule has 1 saturated heterocycles. The molecule has 0 amide bonds. The Morgan fingerprint density at radius 2 is 2.22 bits per heavy atom. The molecule has 3 rings (SSSR count). The number of methoxy groups -OCH3 is 1. The average molecular weight is 248 g/mol. The topological polar surface area (TPSA) is 33.7 Å². The van der Waals surface area contributed by atoms with Gasteiger partial charge in [0.1, 0.15) is 6.10 Å². The number of ether oxygens (including phenoxy) is 2. The van der Waals surface area contributed by atoms with Crippen molar-refractivity contribution in [3.8, 4) is 11.5 Å². The molecule has 1 aromatic carbocycles. The van der Waals surface area contributed by atoms with Gasteiger partial charge in [0.25, 0.3) is 0 Å². The van der Waals surface area contributed by atoms with Crippen molar-refractivity contribution in [3.63, 3.8) is 0 Å². The average Bonchev–Trinajstić information content (AvgIpc) is 2.82. The standard InChI is InChI=1S/C14H20N2O2/c1-17-13-4-2-3-11-9-12(18-14(11)13)10-16-7-5-15-6-8-16/h2-4,12,15H,5-10H2,1H3. The van der Waals surface area contributed by atoms with Crippen LogP contribution in [0.2, 0.25) is 0 Å². The third-order valence-corrected chi connectivity index (χ3v) is 3.68. The Balaban J connectivity index is 1.65. The van der Waals surface area contributed by atoms with Gasteiger partial charge >= 0.3 is 0 Å². The smallest absolute Gasteiger partial charge is 0.164 e. The van der Waals surface area contributed by atoms with Gasteiger partial charge in [0.05, 0.1) is 7.11 Å². The largest absolute Gasteiger partial charge is 0.493 e. The minimum absolute atomic E-state index is 0.273. The minimum atomic E-state index is 0.273. The van der Waals surface area contributed by atoms with Gasteiger partial charge in [-0.05, 0) is 6.07 Å². The highest BCUT2D eigenvalue weighted by Crippen LogP contribution is 2.37. The van der Waals surface area contributed by atoms with Gasteiger partial charge in [-0.3, -0.25) is 4.90 Å². The van der Waals surface area contributed by atoms with Crippen molar-refractivity contribution in [1.29, 1.82) is 0 Å². The molecule has 2 aliphatic heterocycles. The van der Waals surface area contributed by atoms with E-state index < -0.39 is 0 Å². The van der Waals surface area contributed by atoms with Crippen LogP contribution in [0.3, 0.4) is 0 Å². The van der Waals surface area contributed by atoms with E-state index in [0.29, 0.717) is 0 Å². The van der Waals surface area contributed by atoms with Crippen molar-refractivity contribution in [2.24, 2.45) is 0 Å². The Labute approximate surface area is 108 Å². The van der Waals surface area contributed by atoms with E-state index >= 15 is 0 Å². The molecule has 0 radical (unpaired) electrons. The van der Waals surface area contributed by atoms with Gasteiger partial charge in [0.2, 0.25) is 0 Å². The number of nitrogens with zero attached hydrogens (tertiary/aromatic N) is 1. The lowest BCUT2D eigenvalue weighted by atomic mass is 10.1. The maximum atomic E-state index is 6.04. The van der Waals surface area contributed by atoms with Crippen LogP contribution >= 0.6 is 0 Å². The Morgan fingerprint density at radius 1 is 1.39 bits per heavy atom. The molecule has 1 atom stereocenters. The maximum absolute atomic E-state index is 6.04. The lowest BCUT2D eigenvalue weighted by Gasteiger charge is -2.29. The molecule has 98 valence electrons. The van der Waals surface area contributed by atoms with Gasteiger partial charge < -0.3 is 14.8 Å². The molecule has 4 heteroatoms. The van der Waals surface area contributed by atoms with E-state index in [1.54, 1.807) is 7.11 Å². The summed E-state index contributed by atoms with van der Waals surface area (Å²) in [6.45, 7) is 5.42. The molecular formula is C14H20N2O2. The Hall–Kier alpha value is -1.26. The molecule has 1 N–H and O–H groups in total. The highest BCUT2D eigenvalue weighted by molar-refractivity contribution is 5.49. The summed E-state index contributed by atoms with van der Waals surface area (Å²) in [6, 6.07) is 6.13. The quantitative estimate of drug-likeness (QED) is 0.862. The van der Waals surface area contributed by atoms with E-state index in [0.717, 1.165) is 50.6 Å². The highest BCUT2D eigenvalue weighted by Gasteiger charge is 2.27. The van der Waals surface area contributed by atoms with Crippen molar-refractivity contribution in [2.45, 2.75) is 12.5 Å². The summed E-state index contributed by atoms with van der Waals surface area (Å²) < 4.78 is 11.4. The number of hydrogen-bond acceptors (Lipinski definition) is 4. The second kappa shape index (κ2) is 5.16. The third kappa shape index (κ3) is 2.31. The van der Waals surface area contributed by atoms with Crippen molar-refractivity contribution < 1.29 is 9.47 Å². The van der Waals surface area contributed by atoms with Gasteiger partial charge in [-0.1, -0.05) is 12.1 Å². The van der Waals surface area contributed by atoms with Gasteiger partial charge in [-0.25, -0.2) is 0 Å². The summed E-state index contributed by atoms with van der Waals surface area (Å²) in [5, 5.41) is 3.37. The minimum Gasteiger partial charge on any atom is -0.493 e. The first kappa shape index (κ1) is 11.8. The van der Waals surface area contributed by atoms with Gasteiger partial charge in [-0.15, -0.1) is 0 Å². The summed E-state index contributed by atoms with van der Waals surface area (Å²) >= 11 is 0. The molecule has 18 heavy (non-hydrogen) atoms. The van der Waals surface area contributed by atoms with Crippen LogP contribution in [0.4, 0.5) is 0 Å². The van der Waals surface area contributed by atoms with Crippen LogP contribution in [0.1, 0.15) is 5.56 Å². The van der Waals surface area contributed by atoms with Crippen molar-refractivity contribution in [1.82, 2.24) is 10.2 Å². The van der Waals surface area contributed by atoms with E-state index in [4.69, 9.17) is 9.47 Å². The summed E-state index contributed by atoms with van der Waals surface area (Å²) in [4.78, 5) is 2.47. The molecule has 0 aromatic heterocycles. The predicted octanol–water partition coefficient (Wildman–Crippen LogP) is 0.904. The van der Waals surface area contributed by atoms with Gasteiger partial charge in [0.15, 0.2) is 11.5 Å². The predicted molar refractivity (Wildman–Crippen MR) is 70.4 cm³/mol. The first-order chi connectivity index (χ1) is 8.86. The number of fused-ring (bicyclic) bond motifs is 1. The van der Waals surface area contributed by atoms with Crippen LogP contribution in [0.5, 0.6) is 11.5 Å². The first-order valence-corrected chi connectivity index (χ1v) is 6.62. The fourth-order valence-electron chi connectivity index (χ4n) is 2.75. The van der Waals surface area contributed by atoms with Crippen LogP contribution in [-0.4, -0.2) is 50.8 Å². The zero-order valence-electron chi connectivity index (χ0n) is 10.8. The summed E-state index contributed by atoms with van der Waals surface area (Å²) in [5.74, 6) is 1.80. The second-order valence-corrected chi connectivity index (χ2v) is 4.94. The molecule has 0 saturated carbocycles. The third-order valence-electron chi connectivity index (χ3n) is 3.68. The monoisotopic (exact) mass is 248 g/mol. The molecular weight excluding hydrogens is 228 g/mol. The number of rotatable bonds is 3. The SMILES string of the molecule is COc1cccc2c1OC(CN1CCNCC1)C2. The Kier molecular flexibility index (Phi) is 3.39. The van der Waals surface area contributed by atoms with Crippen LogP contribution in [-0.2, 0) is 6.42 Å². The number of hydrogen-bond donors (Lipinski definition) is 1. The number of nitrogens with one attached hydrogen (secondary N) is 1.